The van der Waals surface area contributed by atoms with E-state index in [9.17, 15) is 66.9 Å². The van der Waals surface area contributed by atoms with Crippen LogP contribution in [0.1, 0.15) is 10.4 Å². The number of anilines is 4. The molecule has 38 heteroatoms. The number of nitrogens with one attached hydrogen (secondary N) is 1. The summed E-state index contributed by atoms with van der Waals surface area (Å²) >= 11 is 0.0696. The number of halogens is 1. The van der Waals surface area contributed by atoms with Crippen LogP contribution in [-0.2, 0) is 54.0 Å². The number of nitrogen functional groups attached to an aromatic ring is 2. The molecule has 2 heterocycles. The molecule has 0 saturated heterocycles. The van der Waals surface area contributed by atoms with Gasteiger partial charge in [-0.25, -0.2) is 38.2 Å². The van der Waals surface area contributed by atoms with Gasteiger partial charge in [0.2, 0.25) is 10.4 Å². The summed E-state index contributed by atoms with van der Waals surface area (Å²) in [6, 6.07) is 7.98. The molecule has 0 amide bonds. The zero-order chi connectivity index (χ0) is 46.5. The monoisotopic (exact) mass is 1060 g/mol. The van der Waals surface area contributed by atoms with Gasteiger partial charge in [-0.05, 0) is 64.6 Å². The van der Waals surface area contributed by atoms with Crippen molar-refractivity contribution in [3.63, 3.8) is 0 Å². The normalized spacial score (nSPS) is 11.8. The van der Waals surface area contributed by atoms with Gasteiger partial charge in [0.1, 0.15) is 43.0 Å². The summed E-state index contributed by atoms with van der Waals surface area (Å²) < 4.78 is 154. The van der Waals surface area contributed by atoms with E-state index < -0.39 is 114 Å². The summed E-state index contributed by atoms with van der Waals surface area (Å²) in [6.07, 6.45) is 0.995. The van der Waals surface area contributed by atoms with Crippen LogP contribution in [-0.4, -0.2) is 80.6 Å². The minimum atomic E-state index is -5.51. The van der Waals surface area contributed by atoms with Gasteiger partial charge in [-0.2, -0.15) is 4.33 Å². The van der Waals surface area contributed by atoms with Gasteiger partial charge < -0.3 is 45.6 Å². The van der Waals surface area contributed by atoms with Gasteiger partial charge in [0.15, 0.2) is 9.84 Å². The summed E-state index contributed by atoms with van der Waals surface area (Å²) in [6.45, 7) is -1.07. The second-order valence-corrected chi connectivity index (χ2v) is 18.2. The number of carboxylic acids is 1. The van der Waals surface area contributed by atoms with Crippen LogP contribution in [0, 0.1) is 6.08 Å². The van der Waals surface area contributed by atoms with Gasteiger partial charge in [-0.15, -0.1) is 29.8 Å². The van der Waals surface area contributed by atoms with E-state index in [1.807, 2.05) is 0 Å². The molecule has 0 unspecified atom stereocenters. The third-order valence-corrected chi connectivity index (χ3v) is 12.0. The van der Waals surface area contributed by atoms with Crippen molar-refractivity contribution < 1.29 is 203 Å². The molecule has 0 aliphatic rings. The molecule has 5 N–H and O–H groups in total. The molecule has 0 saturated carbocycles. The van der Waals surface area contributed by atoms with Crippen molar-refractivity contribution in [3.8, 4) is 5.95 Å². The van der Waals surface area contributed by atoms with Crippen molar-refractivity contribution in [2.45, 2.75) is 19.6 Å². The molecule has 0 spiro atoms. The van der Waals surface area contributed by atoms with E-state index in [4.69, 9.17) is 11.5 Å². The Morgan fingerprint density at radius 3 is 1.96 bits per heavy atom. The van der Waals surface area contributed by atoms with Crippen LogP contribution < -0.4 is 150 Å². The first-order chi connectivity index (χ1) is 29.4. The van der Waals surface area contributed by atoms with Gasteiger partial charge in [-0.1, -0.05) is 0 Å². The molecule has 67 heavy (non-hydrogen) atoms. The number of carbonyl (C=O) groups excluding carboxylic acids is 1. The summed E-state index contributed by atoms with van der Waals surface area (Å²) in [4.78, 5) is 18.9. The Morgan fingerprint density at radius 1 is 0.761 bits per heavy atom. The SMILES string of the molecule is Nc1c(N=Nc2cc(Nc3nc(F)nc(-[n+]4ccc(C(=O)[O-])cc4)n3)ccc2S(=O)(=O)[O-])cc(S(=O)(=O)[O-])c(N)c1N=Nc1ccc(S(=O)(=O)CCOS(=O)(=O)[O-])cc1SOO[O-].[Na+].[Na+].[Na+].[Na+]. The van der Waals surface area contributed by atoms with Gasteiger partial charge in [0.05, 0.1) is 73.7 Å². The number of sulfone groups is 1. The maximum atomic E-state index is 14.4. The molecule has 28 nitrogen and oxygen atoms in total. The van der Waals surface area contributed by atoms with E-state index in [1.165, 1.54) is 0 Å². The van der Waals surface area contributed by atoms with Crippen molar-refractivity contribution in [1.29, 1.82) is 0 Å². The number of aromatic nitrogens is 4. The molecule has 0 radical (unpaired) electrons. The number of carboxylic acid groups (broad SMARTS) is 1. The first kappa shape index (κ1) is 62.7. The number of carbonyl (C=O) groups is 1. The fraction of sp³-hybridized carbons (Fsp3) is 0.0690. The smallest absolute Gasteiger partial charge is 0.744 e. The summed E-state index contributed by atoms with van der Waals surface area (Å²) in [5.74, 6) is -3.39. The second kappa shape index (κ2) is 26.2. The van der Waals surface area contributed by atoms with Gasteiger partial charge >= 0.3 is 136 Å². The average molecular weight is 1070 g/mol. The van der Waals surface area contributed by atoms with Gasteiger partial charge in [0, 0.05) is 11.3 Å². The summed E-state index contributed by atoms with van der Waals surface area (Å²) in [5, 5.41) is 42.3. The minimum absolute atomic E-state index is 0. The Kier molecular flexibility index (Phi) is 24.5. The fourth-order valence-corrected chi connectivity index (χ4v) is 8.01. The van der Waals surface area contributed by atoms with E-state index in [2.05, 4.69) is 54.3 Å². The quantitative estimate of drug-likeness (QED) is 0.00844. The number of nitrogens with zero attached hydrogens (tertiary/aromatic N) is 8. The van der Waals surface area contributed by atoms with Crippen molar-refractivity contribution in [2.75, 3.05) is 29.1 Å². The maximum Gasteiger partial charge on any atom is 1.00 e. The summed E-state index contributed by atoms with van der Waals surface area (Å²) in [7, 11) is -20.5. The van der Waals surface area contributed by atoms with Crippen LogP contribution in [0.2, 0.25) is 0 Å². The van der Waals surface area contributed by atoms with Crippen molar-refractivity contribution in [2.24, 2.45) is 20.5 Å². The zero-order valence-electron chi connectivity index (χ0n) is 34.4. The predicted octanol–water partition coefficient (Wildman–Crippen LogP) is -12.3. The van der Waals surface area contributed by atoms with Crippen LogP contribution in [0.15, 0.2) is 107 Å². The average Bonchev–Trinajstić information content (AvgIpc) is 3.18. The first-order valence-corrected chi connectivity index (χ1v) is 22.5. The zero-order valence-corrected chi connectivity index (χ0v) is 46.4. The fourth-order valence-electron chi connectivity index (χ4n) is 4.74. The van der Waals surface area contributed by atoms with Crippen LogP contribution in [0.4, 0.5) is 50.2 Å². The van der Waals surface area contributed by atoms with E-state index in [1.54, 1.807) is 0 Å². The van der Waals surface area contributed by atoms with Crippen molar-refractivity contribution in [3.05, 3.63) is 78.6 Å². The number of hydrogen-bond donors (Lipinski definition) is 3. The minimum Gasteiger partial charge on any atom is -0.744 e. The molecule has 334 valence electrons. The Balaban J connectivity index is 0.00000561. The Morgan fingerprint density at radius 2 is 1.37 bits per heavy atom. The first-order valence-electron chi connectivity index (χ1n) is 16.0. The van der Waals surface area contributed by atoms with Gasteiger partial charge in [-0.3, -0.25) is 9.22 Å². The maximum absolute atomic E-state index is 14.4. The number of nitrogens with two attached hydrogens (primary N) is 2. The third-order valence-electron chi connectivity index (χ3n) is 7.51. The molecule has 2 aromatic heterocycles. The van der Waals surface area contributed by atoms with E-state index in [0.717, 1.165) is 65.5 Å². The standard InChI is InChI=1S/C29H24FN11O17S5.4Na/c30-27-34-28(36-29(35-27)41-7-5-14(6-8-41)26(42)43)33-15-1-4-21(61(47,48)49)18(11-15)38-39-19-13-22(62(50,51)52)24(32)25(23(19)31)40-37-17-3-2-16(12-20(17)59-58-57-44)60(45,46)10-9-56-63(53,54)55;;;;/h1-8,11-13H,9-10,31-32H2,(H5-,33,34,35,36,42,43,44,47,48,49,50,51,52,53,54,55);;;;/q;4*+1/p-4. The van der Waals surface area contributed by atoms with E-state index in [0.29, 0.717) is 6.07 Å². The number of rotatable bonds is 18. The Bertz CT molecular complexity index is 3150. The number of azo groups is 2. The molecule has 5 rings (SSSR count). The molecular weight excluding hydrogens is 1050 g/mol. The number of pyridine rings is 1. The topological polar surface area (TPSA) is 453 Å². The van der Waals surface area contributed by atoms with Gasteiger partial charge in [0.25, 0.3) is 0 Å². The molecular formula is C29H20FN11Na4O17S5. The molecule has 0 fully saturated rings. The van der Waals surface area contributed by atoms with Crippen LogP contribution in [0.3, 0.4) is 0 Å². The van der Waals surface area contributed by atoms with E-state index in [-0.39, 0.29) is 158 Å². The molecule has 3 aromatic carbocycles. The molecule has 0 atom stereocenters. The Hall–Kier alpha value is -2.31. The molecule has 0 bridgehead atoms. The van der Waals surface area contributed by atoms with Crippen LogP contribution in [0.25, 0.3) is 5.95 Å². The van der Waals surface area contributed by atoms with Crippen LogP contribution >= 0.6 is 12.0 Å². The number of aromatic carboxylic acids is 1. The second-order valence-electron chi connectivity index (χ2n) is 11.6. The molecule has 0 aliphatic heterocycles. The third kappa shape index (κ3) is 17.5. The van der Waals surface area contributed by atoms with E-state index >= 15 is 0 Å². The van der Waals surface area contributed by atoms with Crippen molar-refractivity contribution >= 4 is 104 Å². The number of benzene rings is 3. The molecule has 5 aromatic rings. The largest absolute Gasteiger partial charge is 1.00 e. The van der Waals surface area contributed by atoms with Crippen LogP contribution in [0.5, 0.6) is 0 Å². The summed E-state index contributed by atoms with van der Waals surface area (Å²) in [5.41, 5.74) is 7.37. The Labute approximate surface area is 470 Å². The van der Waals surface area contributed by atoms with Crippen molar-refractivity contribution in [1.82, 2.24) is 15.0 Å². The number of hydrogen-bond acceptors (Lipinski definition) is 28. The molecule has 0 aliphatic carbocycles. The predicted molar refractivity (Wildman–Crippen MR) is 197 cm³/mol.